The van der Waals surface area contributed by atoms with Gasteiger partial charge in [0.15, 0.2) is 0 Å². The lowest BCUT2D eigenvalue weighted by Crippen LogP contribution is -2.19. The number of aromatic amines is 1. The highest BCUT2D eigenvalue weighted by Crippen LogP contribution is 2.11. The Morgan fingerprint density at radius 3 is 2.88 bits per heavy atom. The average Bonchev–Trinajstić information content (AvgIpc) is 2.20. The van der Waals surface area contributed by atoms with Gasteiger partial charge in [-0.1, -0.05) is 13.8 Å². The number of H-pyrrole nitrogens is 1. The van der Waals surface area contributed by atoms with Gasteiger partial charge in [-0.3, -0.25) is 9.59 Å². The number of carbonyl (C=O) groups excluding carboxylic acids is 1. The molecular weight excluding hydrogens is 272 g/mol. The maximum absolute atomic E-state index is 11.5. The maximum atomic E-state index is 11.5. The number of nitrogens with one attached hydrogen (secondary N) is 2. The van der Waals surface area contributed by atoms with Crippen molar-refractivity contribution in [2.75, 3.05) is 5.32 Å². The second-order valence-electron chi connectivity index (χ2n) is 4.04. The van der Waals surface area contributed by atoms with Gasteiger partial charge in [0, 0.05) is 17.1 Å². The fourth-order valence-electron chi connectivity index (χ4n) is 1.18. The van der Waals surface area contributed by atoms with E-state index < -0.39 is 0 Å². The number of hydrogen-bond acceptors (Lipinski definition) is 2. The lowest BCUT2D eigenvalue weighted by Gasteiger charge is -2.06. The summed E-state index contributed by atoms with van der Waals surface area (Å²) in [5.41, 5.74) is -0.00997. The van der Waals surface area contributed by atoms with E-state index in [2.05, 4.69) is 40.1 Å². The molecule has 0 spiro atoms. The second-order valence-corrected chi connectivity index (χ2v) is 4.96. The van der Waals surface area contributed by atoms with Crippen molar-refractivity contribution in [2.24, 2.45) is 5.92 Å². The first kappa shape index (κ1) is 13.0. The molecule has 0 aliphatic carbocycles. The Morgan fingerprint density at radius 2 is 2.25 bits per heavy atom. The third-order valence-corrected chi connectivity index (χ3v) is 2.55. The molecule has 0 fully saturated rings. The molecule has 0 aromatic carbocycles. The minimum absolute atomic E-state index is 0.127. The van der Waals surface area contributed by atoms with E-state index in [-0.39, 0.29) is 17.2 Å². The molecule has 1 aromatic heterocycles. The van der Waals surface area contributed by atoms with Gasteiger partial charge in [-0.05, 0) is 34.3 Å². The quantitative estimate of drug-likeness (QED) is 0.893. The van der Waals surface area contributed by atoms with Crippen LogP contribution in [-0.4, -0.2) is 10.9 Å². The first-order valence-electron chi connectivity index (χ1n) is 5.17. The smallest absolute Gasteiger partial charge is 0.271 e. The van der Waals surface area contributed by atoms with E-state index in [0.717, 1.165) is 10.9 Å². The first-order valence-corrected chi connectivity index (χ1v) is 5.96. The number of anilines is 1. The topological polar surface area (TPSA) is 62.0 Å². The van der Waals surface area contributed by atoms with Gasteiger partial charge >= 0.3 is 0 Å². The van der Waals surface area contributed by atoms with E-state index in [1.807, 2.05) is 0 Å². The largest absolute Gasteiger partial charge is 0.326 e. The molecule has 16 heavy (non-hydrogen) atoms. The minimum atomic E-state index is -0.291. The van der Waals surface area contributed by atoms with Crippen molar-refractivity contribution in [3.8, 4) is 0 Å². The normalized spacial score (nSPS) is 10.5. The lowest BCUT2D eigenvalue weighted by molar-refractivity contribution is -0.116. The zero-order chi connectivity index (χ0) is 12.1. The molecule has 1 amide bonds. The number of amides is 1. The van der Waals surface area contributed by atoms with Crippen molar-refractivity contribution in [3.05, 3.63) is 27.1 Å². The van der Waals surface area contributed by atoms with Crippen molar-refractivity contribution in [2.45, 2.75) is 26.7 Å². The molecule has 5 heteroatoms. The van der Waals surface area contributed by atoms with Crippen LogP contribution in [-0.2, 0) is 4.79 Å². The van der Waals surface area contributed by atoms with Gasteiger partial charge in [-0.2, -0.15) is 0 Å². The molecule has 2 N–H and O–H groups in total. The standard InChI is InChI=1S/C11H15BrN2O2/c1-7(2)3-4-10(15)14-9-5-8(12)6-13-11(9)16/h5-7H,3-4H2,1-2H3,(H,13,16)(H,14,15). The molecule has 1 rings (SSSR count). The molecule has 0 saturated heterocycles. The zero-order valence-electron chi connectivity index (χ0n) is 9.34. The summed E-state index contributed by atoms with van der Waals surface area (Å²) >= 11 is 3.23. The van der Waals surface area contributed by atoms with Gasteiger partial charge in [-0.25, -0.2) is 0 Å². The fraction of sp³-hybridized carbons (Fsp3) is 0.455. The molecule has 0 radical (unpaired) electrons. The SMILES string of the molecule is CC(C)CCC(=O)Nc1cc(Br)c[nH]c1=O. The first-order chi connectivity index (χ1) is 7.49. The molecule has 88 valence electrons. The highest BCUT2D eigenvalue weighted by Gasteiger charge is 2.07. The maximum Gasteiger partial charge on any atom is 0.271 e. The van der Waals surface area contributed by atoms with Crippen molar-refractivity contribution in [1.82, 2.24) is 4.98 Å². The van der Waals surface area contributed by atoms with Crippen LogP contribution in [0.5, 0.6) is 0 Å². The van der Waals surface area contributed by atoms with Crippen LogP contribution in [0.2, 0.25) is 0 Å². The van der Waals surface area contributed by atoms with Gasteiger partial charge < -0.3 is 10.3 Å². The molecule has 0 atom stereocenters. The second kappa shape index (κ2) is 5.84. The molecule has 1 heterocycles. The van der Waals surface area contributed by atoms with Crippen LogP contribution in [0.15, 0.2) is 21.5 Å². The third kappa shape index (κ3) is 4.18. The summed E-state index contributed by atoms with van der Waals surface area (Å²) in [5, 5.41) is 2.59. The number of carbonyl (C=O) groups is 1. The Morgan fingerprint density at radius 1 is 1.56 bits per heavy atom. The average molecular weight is 287 g/mol. The summed E-state index contributed by atoms with van der Waals surface area (Å²) in [6, 6.07) is 1.59. The molecule has 0 aliphatic heterocycles. The van der Waals surface area contributed by atoms with E-state index in [4.69, 9.17) is 0 Å². The summed E-state index contributed by atoms with van der Waals surface area (Å²) in [7, 11) is 0. The van der Waals surface area contributed by atoms with Crippen LogP contribution < -0.4 is 10.9 Å². The minimum Gasteiger partial charge on any atom is -0.326 e. The monoisotopic (exact) mass is 286 g/mol. The molecule has 0 bridgehead atoms. The molecule has 1 aromatic rings. The molecular formula is C11H15BrN2O2. The van der Waals surface area contributed by atoms with Crippen LogP contribution in [0, 0.1) is 5.92 Å². The predicted octanol–water partition coefficient (Wildman–Crippen LogP) is 2.51. The number of rotatable bonds is 4. The van der Waals surface area contributed by atoms with Crippen LogP contribution in [0.25, 0.3) is 0 Å². The zero-order valence-corrected chi connectivity index (χ0v) is 10.9. The van der Waals surface area contributed by atoms with E-state index >= 15 is 0 Å². The Balaban J connectivity index is 2.62. The van der Waals surface area contributed by atoms with Crippen LogP contribution in [0.4, 0.5) is 5.69 Å². The van der Waals surface area contributed by atoms with Gasteiger partial charge in [0.25, 0.3) is 5.56 Å². The number of halogens is 1. The highest BCUT2D eigenvalue weighted by molar-refractivity contribution is 9.10. The van der Waals surface area contributed by atoms with E-state index in [1.165, 1.54) is 6.20 Å². The molecule has 0 aliphatic rings. The Kier molecular flexibility index (Phi) is 4.73. The summed E-state index contributed by atoms with van der Waals surface area (Å²) in [6.45, 7) is 4.11. The predicted molar refractivity (Wildman–Crippen MR) is 67.5 cm³/mol. The summed E-state index contributed by atoms with van der Waals surface area (Å²) < 4.78 is 0.728. The van der Waals surface area contributed by atoms with Crippen LogP contribution in [0.1, 0.15) is 26.7 Å². The van der Waals surface area contributed by atoms with Crippen molar-refractivity contribution in [3.63, 3.8) is 0 Å². The van der Waals surface area contributed by atoms with Gasteiger partial charge in [0.1, 0.15) is 5.69 Å². The van der Waals surface area contributed by atoms with Gasteiger partial charge in [0.05, 0.1) is 0 Å². The molecule has 4 nitrogen and oxygen atoms in total. The van der Waals surface area contributed by atoms with Crippen molar-refractivity contribution < 1.29 is 4.79 Å². The van der Waals surface area contributed by atoms with E-state index in [9.17, 15) is 9.59 Å². The Hall–Kier alpha value is -1.10. The fourth-order valence-corrected chi connectivity index (χ4v) is 1.53. The Labute approximate surface area is 103 Å². The van der Waals surface area contributed by atoms with Crippen LogP contribution >= 0.6 is 15.9 Å². The van der Waals surface area contributed by atoms with Gasteiger partial charge in [0.2, 0.25) is 5.91 Å². The lowest BCUT2D eigenvalue weighted by atomic mass is 10.1. The summed E-state index contributed by atoms with van der Waals surface area (Å²) in [5.74, 6) is 0.351. The summed E-state index contributed by atoms with van der Waals surface area (Å²) in [6.07, 6.45) is 2.79. The highest BCUT2D eigenvalue weighted by atomic mass is 79.9. The third-order valence-electron chi connectivity index (χ3n) is 2.09. The molecule has 0 unspecified atom stereocenters. The van der Waals surface area contributed by atoms with Gasteiger partial charge in [-0.15, -0.1) is 0 Å². The number of hydrogen-bond donors (Lipinski definition) is 2. The van der Waals surface area contributed by atoms with Crippen molar-refractivity contribution >= 4 is 27.5 Å². The Bertz CT molecular complexity index is 426. The summed E-state index contributed by atoms with van der Waals surface area (Å²) in [4.78, 5) is 25.4. The van der Waals surface area contributed by atoms with Crippen molar-refractivity contribution in [1.29, 1.82) is 0 Å². The molecule has 0 saturated carbocycles. The van der Waals surface area contributed by atoms with E-state index in [1.54, 1.807) is 6.07 Å². The van der Waals surface area contributed by atoms with E-state index in [0.29, 0.717) is 12.3 Å². The number of pyridine rings is 1. The number of aromatic nitrogens is 1. The van der Waals surface area contributed by atoms with Crippen LogP contribution in [0.3, 0.4) is 0 Å².